The predicted octanol–water partition coefficient (Wildman–Crippen LogP) is 2.20. The zero-order valence-corrected chi connectivity index (χ0v) is 13.4. The number of nitrogens with zero attached hydrogens (tertiary/aromatic N) is 5. The molecular weight excluding hydrogens is 316 g/mol. The molecule has 0 unspecified atom stereocenters. The molecular formula is C16H19F2N5O. The lowest BCUT2D eigenvalue weighted by Gasteiger charge is -2.33. The number of halogens is 2. The van der Waals surface area contributed by atoms with E-state index in [0.717, 1.165) is 43.5 Å². The smallest absolute Gasteiger partial charge is 0.280 e. The van der Waals surface area contributed by atoms with Gasteiger partial charge in [0.2, 0.25) is 0 Å². The van der Waals surface area contributed by atoms with Gasteiger partial charge < -0.3 is 4.90 Å². The highest BCUT2D eigenvalue weighted by molar-refractivity contribution is 5.42. The van der Waals surface area contributed by atoms with E-state index in [4.69, 9.17) is 0 Å². The van der Waals surface area contributed by atoms with Crippen LogP contribution in [-0.2, 0) is 6.54 Å². The van der Waals surface area contributed by atoms with Crippen LogP contribution in [-0.4, -0.2) is 32.6 Å². The largest absolute Gasteiger partial charge is 0.355 e. The molecule has 3 rings (SSSR count). The van der Waals surface area contributed by atoms with Crippen LogP contribution >= 0.6 is 0 Å². The summed E-state index contributed by atoms with van der Waals surface area (Å²) in [6.45, 7) is 4.11. The van der Waals surface area contributed by atoms with Gasteiger partial charge in [-0.1, -0.05) is 0 Å². The van der Waals surface area contributed by atoms with Crippen molar-refractivity contribution in [2.45, 2.75) is 32.7 Å². The Balaban J connectivity index is 1.62. The fourth-order valence-corrected chi connectivity index (χ4v) is 3.01. The monoisotopic (exact) mass is 335 g/mol. The van der Waals surface area contributed by atoms with Crippen molar-refractivity contribution >= 4 is 5.82 Å². The first-order chi connectivity index (χ1) is 11.5. The molecule has 1 aliphatic heterocycles. The second kappa shape index (κ2) is 7.02. The number of hydrogen-bond acceptors (Lipinski definition) is 5. The molecule has 2 aromatic heterocycles. The highest BCUT2D eigenvalue weighted by Crippen LogP contribution is 2.24. The van der Waals surface area contributed by atoms with Gasteiger partial charge in [-0.15, -0.1) is 0 Å². The van der Waals surface area contributed by atoms with E-state index in [-0.39, 0.29) is 0 Å². The van der Waals surface area contributed by atoms with Crippen molar-refractivity contribution in [3.05, 3.63) is 46.5 Å². The van der Waals surface area contributed by atoms with E-state index >= 15 is 0 Å². The van der Waals surface area contributed by atoms with Gasteiger partial charge >= 0.3 is 0 Å². The summed E-state index contributed by atoms with van der Waals surface area (Å²) in [6, 6.07) is 0.919. The van der Waals surface area contributed by atoms with Crippen LogP contribution in [0.3, 0.4) is 0 Å². The van der Waals surface area contributed by atoms with Gasteiger partial charge in [0.25, 0.3) is 12.0 Å². The maximum absolute atomic E-state index is 12.5. The van der Waals surface area contributed by atoms with Gasteiger partial charge in [0.15, 0.2) is 0 Å². The summed E-state index contributed by atoms with van der Waals surface area (Å²) in [4.78, 5) is 26.4. The molecule has 0 N–H and O–H groups in total. The molecule has 24 heavy (non-hydrogen) atoms. The van der Waals surface area contributed by atoms with Gasteiger partial charge in [-0.2, -0.15) is 0 Å². The third kappa shape index (κ3) is 3.58. The first-order valence-corrected chi connectivity index (χ1v) is 7.91. The Morgan fingerprint density at radius 2 is 1.92 bits per heavy atom. The van der Waals surface area contributed by atoms with Crippen LogP contribution in [0.5, 0.6) is 0 Å². The number of anilines is 1. The molecule has 0 saturated carbocycles. The van der Waals surface area contributed by atoms with Crippen molar-refractivity contribution in [2.75, 3.05) is 18.0 Å². The lowest BCUT2D eigenvalue weighted by atomic mass is 9.96. The quantitative estimate of drug-likeness (QED) is 0.857. The van der Waals surface area contributed by atoms with E-state index in [1.54, 1.807) is 12.4 Å². The molecule has 0 aliphatic carbocycles. The summed E-state index contributed by atoms with van der Waals surface area (Å²) in [6.07, 6.45) is 3.67. The van der Waals surface area contributed by atoms with Gasteiger partial charge in [-0.25, -0.2) is 18.7 Å². The highest BCUT2D eigenvalue weighted by atomic mass is 19.3. The van der Waals surface area contributed by atoms with E-state index in [2.05, 4.69) is 19.9 Å². The summed E-state index contributed by atoms with van der Waals surface area (Å²) in [7, 11) is 0. The van der Waals surface area contributed by atoms with Crippen molar-refractivity contribution in [1.29, 1.82) is 0 Å². The minimum absolute atomic E-state index is 0.315. The van der Waals surface area contributed by atoms with E-state index in [0.29, 0.717) is 12.5 Å². The van der Waals surface area contributed by atoms with Crippen molar-refractivity contribution in [2.24, 2.45) is 5.92 Å². The molecule has 0 spiro atoms. The maximum atomic E-state index is 12.5. The Hall–Kier alpha value is -2.38. The van der Waals surface area contributed by atoms with Crippen molar-refractivity contribution in [1.82, 2.24) is 19.5 Å². The minimum atomic E-state index is -2.72. The molecule has 2 aromatic rings. The Morgan fingerprint density at radius 1 is 1.21 bits per heavy atom. The average molecular weight is 335 g/mol. The summed E-state index contributed by atoms with van der Waals surface area (Å²) < 4.78 is 26.5. The second-order valence-corrected chi connectivity index (χ2v) is 6.00. The average Bonchev–Trinajstić information content (AvgIpc) is 2.58. The number of aromatic nitrogens is 4. The molecule has 1 fully saturated rings. The van der Waals surface area contributed by atoms with Gasteiger partial charge in [0.1, 0.15) is 11.5 Å². The van der Waals surface area contributed by atoms with Crippen LogP contribution in [0.25, 0.3) is 0 Å². The number of piperidine rings is 1. The summed E-state index contributed by atoms with van der Waals surface area (Å²) >= 11 is 0. The molecule has 0 aromatic carbocycles. The van der Waals surface area contributed by atoms with Crippen molar-refractivity contribution < 1.29 is 8.78 Å². The first kappa shape index (κ1) is 16.5. The van der Waals surface area contributed by atoms with E-state index in [1.807, 2.05) is 6.92 Å². The van der Waals surface area contributed by atoms with Crippen molar-refractivity contribution in [3.8, 4) is 0 Å². The summed E-state index contributed by atoms with van der Waals surface area (Å²) in [5, 5.41) is 0. The summed E-state index contributed by atoms with van der Waals surface area (Å²) in [5.41, 5.74) is 0.00986. The fourth-order valence-electron chi connectivity index (χ4n) is 3.01. The predicted molar refractivity (Wildman–Crippen MR) is 85.2 cm³/mol. The van der Waals surface area contributed by atoms with E-state index < -0.39 is 17.7 Å². The number of alkyl halides is 2. The maximum Gasteiger partial charge on any atom is 0.280 e. The van der Waals surface area contributed by atoms with Gasteiger partial charge in [0.05, 0.1) is 12.0 Å². The minimum Gasteiger partial charge on any atom is -0.355 e. The highest BCUT2D eigenvalue weighted by Gasteiger charge is 2.22. The Labute approximate surface area is 138 Å². The lowest BCUT2D eigenvalue weighted by Crippen LogP contribution is -2.37. The van der Waals surface area contributed by atoms with Gasteiger partial charge in [-0.3, -0.25) is 14.3 Å². The van der Waals surface area contributed by atoms with E-state index in [9.17, 15) is 13.6 Å². The SMILES string of the molecule is Cc1nccnc1N1CCC(Cn2cnc(C(F)F)cc2=O)CC1. The van der Waals surface area contributed by atoms with E-state index in [1.165, 1.54) is 10.9 Å². The number of hydrogen-bond donors (Lipinski definition) is 0. The van der Waals surface area contributed by atoms with Crippen LogP contribution < -0.4 is 10.5 Å². The zero-order valence-electron chi connectivity index (χ0n) is 13.4. The molecule has 0 amide bonds. The molecule has 0 radical (unpaired) electrons. The molecule has 0 atom stereocenters. The molecule has 3 heterocycles. The second-order valence-electron chi connectivity index (χ2n) is 6.00. The van der Waals surface area contributed by atoms with Crippen LogP contribution in [0.4, 0.5) is 14.6 Å². The molecule has 8 heteroatoms. The normalized spacial score (nSPS) is 15.9. The van der Waals surface area contributed by atoms with Crippen LogP contribution in [0.15, 0.2) is 29.6 Å². The third-order valence-electron chi connectivity index (χ3n) is 4.35. The molecule has 128 valence electrons. The standard InChI is InChI=1S/C16H19F2N5O/c1-11-16(20-5-4-19-11)22-6-2-12(3-7-22)9-23-10-21-13(15(17)18)8-14(23)24/h4-5,8,10,12,15H,2-3,6-7,9H2,1H3. The topological polar surface area (TPSA) is 63.9 Å². The third-order valence-corrected chi connectivity index (χ3v) is 4.35. The zero-order chi connectivity index (χ0) is 17.1. The van der Waals surface area contributed by atoms with Crippen LogP contribution in [0.1, 0.15) is 30.7 Å². The Bertz CT molecular complexity index is 756. The van der Waals surface area contributed by atoms with Gasteiger partial charge in [-0.05, 0) is 25.7 Å². The van der Waals surface area contributed by atoms with Gasteiger partial charge in [0, 0.05) is 38.1 Å². The molecule has 1 saturated heterocycles. The van der Waals surface area contributed by atoms with Crippen LogP contribution in [0, 0.1) is 12.8 Å². The molecule has 1 aliphatic rings. The van der Waals surface area contributed by atoms with Crippen LogP contribution in [0.2, 0.25) is 0 Å². The lowest BCUT2D eigenvalue weighted by molar-refractivity contribution is 0.145. The summed E-state index contributed by atoms with van der Waals surface area (Å²) in [5.74, 6) is 1.21. The number of aryl methyl sites for hydroxylation is 1. The fraction of sp³-hybridized carbons (Fsp3) is 0.500. The van der Waals surface area contributed by atoms with Crippen molar-refractivity contribution in [3.63, 3.8) is 0 Å². The Kier molecular flexibility index (Phi) is 4.82. The Morgan fingerprint density at radius 3 is 2.54 bits per heavy atom. The number of rotatable bonds is 4. The molecule has 6 nitrogen and oxygen atoms in total. The first-order valence-electron chi connectivity index (χ1n) is 7.91. The molecule has 0 bridgehead atoms.